The maximum atomic E-state index is 11.5. The summed E-state index contributed by atoms with van der Waals surface area (Å²) in [7, 11) is 1.87. The molecule has 0 bridgehead atoms. The average molecular weight is 246 g/mol. The zero-order valence-electron chi connectivity index (χ0n) is 10.1. The Labute approximate surface area is 103 Å². The van der Waals surface area contributed by atoms with Crippen LogP contribution in [0.4, 0.5) is 5.82 Å². The summed E-state index contributed by atoms with van der Waals surface area (Å²) >= 11 is 0. The minimum atomic E-state index is -0.118. The molecule has 0 spiro atoms. The van der Waals surface area contributed by atoms with E-state index in [2.05, 4.69) is 25.5 Å². The molecule has 18 heavy (non-hydrogen) atoms. The van der Waals surface area contributed by atoms with Gasteiger partial charge in [0.2, 0.25) is 0 Å². The minimum absolute atomic E-state index is 0.118. The SMILES string of the molecule is Cn1cnnc1CNc1cc(=O)[nH]c(C2CC2)n1. The van der Waals surface area contributed by atoms with Crippen LogP contribution in [0.15, 0.2) is 17.2 Å². The van der Waals surface area contributed by atoms with Crippen molar-refractivity contribution in [2.45, 2.75) is 25.3 Å². The molecule has 0 atom stereocenters. The third-order valence-electron chi connectivity index (χ3n) is 2.96. The van der Waals surface area contributed by atoms with Crippen LogP contribution in [0.2, 0.25) is 0 Å². The predicted octanol–water partition coefficient (Wildman–Crippen LogP) is 0.388. The summed E-state index contributed by atoms with van der Waals surface area (Å²) in [6, 6.07) is 1.46. The van der Waals surface area contributed by atoms with E-state index in [9.17, 15) is 4.79 Å². The first-order valence-corrected chi connectivity index (χ1v) is 5.90. The van der Waals surface area contributed by atoms with Crippen molar-refractivity contribution in [3.05, 3.63) is 34.4 Å². The van der Waals surface area contributed by atoms with Gasteiger partial charge in [-0.2, -0.15) is 0 Å². The normalized spacial score (nSPS) is 14.7. The Balaban J connectivity index is 1.76. The van der Waals surface area contributed by atoms with Gasteiger partial charge in [-0.1, -0.05) is 0 Å². The number of hydrogen-bond acceptors (Lipinski definition) is 5. The number of nitrogens with one attached hydrogen (secondary N) is 2. The van der Waals surface area contributed by atoms with Gasteiger partial charge in [0.1, 0.15) is 18.0 Å². The van der Waals surface area contributed by atoms with Gasteiger partial charge in [0, 0.05) is 19.0 Å². The van der Waals surface area contributed by atoms with E-state index >= 15 is 0 Å². The lowest BCUT2D eigenvalue weighted by Crippen LogP contribution is -2.14. The number of hydrogen-bond donors (Lipinski definition) is 2. The molecule has 0 aromatic carbocycles. The summed E-state index contributed by atoms with van der Waals surface area (Å²) < 4.78 is 1.82. The molecular formula is C11H14N6O. The number of aryl methyl sites for hydroxylation is 1. The van der Waals surface area contributed by atoms with Gasteiger partial charge >= 0.3 is 0 Å². The van der Waals surface area contributed by atoms with E-state index in [4.69, 9.17) is 0 Å². The van der Waals surface area contributed by atoms with Crippen molar-refractivity contribution in [3.63, 3.8) is 0 Å². The van der Waals surface area contributed by atoms with Crippen LogP contribution in [0.5, 0.6) is 0 Å². The zero-order chi connectivity index (χ0) is 12.5. The summed E-state index contributed by atoms with van der Waals surface area (Å²) in [4.78, 5) is 18.7. The second kappa shape index (κ2) is 4.25. The van der Waals surface area contributed by atoms with E-state index < -0.39 is 0 Å². The standard InChI is InChI=1S/C11H14N6O/c1-17-6-13-16-9(17)5-12-8-4-10(18)15-11(14-8)7-2-3-7/h4,6-7H,2-3,5H2,1H3,(H2,12,14,15,18). The maximum absolute atomic E-state index is 11.5. The lowest BCUT2D eigenvalue weighted by Gasteiger charge is -2.06. The molecule has 3 rings (SSSR count). The Bertz CT molecular complexity index is 612. The molecule has 2 aromatic rings. The Kier molecular flexibility index (Phi) is 2.58. The Morgan fingerprint density at radius 3 is 3.06 bits per heavy atom. The number of aromatic nitrogens is 5. The first-order chi connectivity index (χ1) is 8.72. The van der Waals surface area contributed by atoms with Crippen LogP contribution in [0, 0.1) is 0 Å². The van der Waals surface area contributed by atoms with Crippen molar-refractivity contribution in [2.24, 2.45) is 7.05 Å². The topological polar surface area (TPSA) is 88.5 Å². The monoisotopic (exact) mass is 246 g/mol. The molecule has 1 saturated carbocycles. The molecule has 1 fully saturated rings. The minimum Gasteiger partial charge on any atom is -0.363 e. The fourth-order valence-electron chi connectivity index (χ4n) is 1.75. The van der Waals surface area contributed by atoms with Crippen LogP contribution in [-0.4, -0.2) is 24.7 Å². The number of rotatable bonds is 4. The van der Waals surface area contributed by atoms with E-state index in [1.54, 1.807) is 6.33 Å². The van der Waals surface area contributed by atoms with Crippen LogP contribution in [0.1, 0.15) is 30.4 Å². The van der Waals surface area contributed by atoms with Gasteiger partial charge in [-0.05, 0) is 12.8 Å². The summed E-state index contributed by atoms with van der Waals surface area (Å²) in [6.45, 7) is 0.497. The van der Waals surface area contributed by atoms with E-state index in [1.807, 2.05) is 11.6 Å². The largest absolute Gasteiger partial charge is 0.363 e. The number of nitrogens with zero attached hydrogens (tertiary/aromatic N) is 4. The summed E-state index contributed by atoms with van der Waals surface area (Å²) in [5.41, 5.74) is -0.118. The molecule has 94 valence electrons. The number of anilines is 1. The van der Waals surface area contributed by atoms with Crippen LogP contribution in [0.25, 0.3) is 0 Å². The number of aromatic amines is 1. The van der Waals surface area contributed by atoms with E-state index in [0.717, 1.165) is 24.5 Å². The molecule has 0 amide bonds. The van der Waals surface area contributed by atoms with Crippen LogP contribution >= 0.6 is 0 Å². The molecule has 7 nitrogen and oxygen atoms in total. The maximum Gasteiger partial charge on any atom is 0.252 e. The second-order valence-electron chi connectivity index (χ2n) is 4.50. The predicted molar refractivity (Wildman–Crippen MR) is 65.2 cm³/mol. The van der Waals surface area contributed by atoms with Crippen LogP contribution in [0.3, 0.4) is 0 Å². The van der Waals surface area contributed by atoms with Crippen molar-refractivity contribution in [1.82, 2.24) is 24.7 Å². The highest BCUT2D eigenvalue weighted by Crippen LogP contribution is 2.37. The molecule has 1 aliphatic rings. The highest BCUT2D eigenvalue weighted by molar-refractivity contribution is 5.34. The Morgan fingerprint density at radius 2 is 2.39 bits per heavy atom. The first-order valence-electron chi connectivity index (χ1n) is 5.90. The van der Waals surface area contributed by atoms with Crippen molar-refractivity contribution < 1.29 is 0 Å². The molecule has 2 heterocycles. The van der Waals surface area contributed by atoms with Gasteiger partial charge in [0.25, 0.3) is 5.56 Å². The second-order valence-corrected chi connectivity index (χ2v) is 4.50. The highest BCUT2D eigenvalue weighted by atomic mass is 16.1. The van der Waals surface area contributed by atoms with Crippen molar-refractivity contribution in [1.29, 1.82) is 0 Å². The molecule has 2 N–H and O–H groups in total. The van der Waals surface area contributed by atoms with Crippen molar-refractivity contribution >= 4 is 5.82 Å². The zero-order valence-corrected chi connectivity index (χ0v) is 10.1. The molecule has 1 aliphatic carbocycles. The smallest absolute Gasteiger partial charge is 0.252 e. The van der Waals surface area contributed by atoms with Crippen LogP contribution < -0.4 is 10.9 Å². The molecule has 0 aliphatic heterocycles. The first kappa shape index (κ1) is 10.9. The summed E-state index contributed by atoms with van der Waals surface area (Å²) in [6.07, 6.45) is 3.85. The summed E-state index contributed by atoms with van der Waals surface area (Å²) in [5, 5.41) is 10.8. The van der Waals surface area contributed by atoms with Gasteiger partial charge in [-0.15, -0.1) is 10.2 Å². The third kappa shape index (κ3) is 2.24. The lowest BCUT2D eigenvalue weighted by molar-refractivity contribution is 0.806. The lowest BCUT2D eigenvalue weighted by atomic mass is 10.4. The molecule has 0 saturated heterocycles. The third-order valence-corrected chi connectivity index (χ3v) is 2.96. The molecule has 7 heteroatoms. The molecule has 0 radical (unpaired) electrons. The van der Waals surface area contributed by atoms with Gasteiger partial charge in [0.15, 0.2) is 5.82 Å². The van der Waals surface area contributed by atoms with Crippen molar-refractivity contribution in [2.75, 3.05) is 5.32 Å². The van der Waals surface area contributed by atoms with Crippen molar-refractivity contribution in [3.8, 4) is 0 Å². The van der Waals surface area contributed by atoms with E-state index in [1.165, 1.54) is 6.07 Å². The molecular weight excluding hydrogens is 232 g/mol. The Morgan fingerprint density at radius 1 is 1.56 bits per heavy atom. The van der Waals surface area contributed by atoms with Gasteiger partial charge in [0.05, 0.1) is 6.54 Å². The van der Waals surface area contributed by atoms with Gasteiger partial charge < -0.3 is 14.9 Å². The number of H-pyrrole nitrogens is 1. The Hall–Kier alpha value is -2.18. The van der Waals surface area contributed by atoms with Crippen LogP contribution in [-0.2, 0) is 13.6 Å². The fourth-order valence-corrected chi connectivity index (χ4v) is 1.75. The van der Waals surface area contributed by atoms with Gasteiger partial charge in [-0.25, -0.2) is 4.98 Å². The highest BCUT2D eigenvalue weighted by Gasteiger charge is 2.26. The van der Waals surface area contributed by atoms with E-state index in [0.29, 0.717) is 18.3 Å². The van der Waals surface area contributed by atoms with Gasteiger partial charge in [-0.3, -0.25) is 4.79 Å². The summed E-state index contributed by atoms with van der Waals surface area (Å²) in [5.74, 6) is 2.59. The molecule has 2 aromatic heterocycles. The average Bonchev–Trinajstić information content (AvgIpc) is 3.11. The molecule has 0 unspecified atom stereocenters. The fraction of sp³-hybridized carbons (Fsp3) is 0.455. The van der Waals surface area contributed by atoms with E-state index in [-0.39, 0.29) is 5.56 Å². The quantitative estimate of drug-likeness (QED) is 0.814.